The minimum Gasteiger partial charge on any atom is -0.394 e. The zero-order chi connectivity index (χ0) is 15.4. The van der Waals surface area contributed by atoms with E-state index in [4.69, 9.17) is 4.74 Å². The van der Waals surface area contributed by atoms with E-state index in [1.54, 1.807) is 0 Å². The van der Waals surface area contributed by atoms with Crippen LogP contribution < -0.4 is 5.32 Å². The minimum atomic E-state index is -0.193. The van der Waals surface area contributed by atoms with Crippen molar-refractivity contribution in [3.05, 3.63) is 0 Å². The number of nitrogens with zero attached hydrogens (tertiary/aromatic N) is 1. The molecule has 0 saturated carbocycles. The van der Waals surface area contributed by atoms with Gasteiger partial charge in [-0.3, -0.25) is 4.90 Å². The van der Waals surface area contributed by atoms with Gasteiger partial charge in [0, 0.05) is 24.7 Å². The predicted octanol–water partition coefficient (Wildman–Crippen LogP) is 2.01. The van der Waals surface area contributed by atoms with E-state index in [0.717, 1.165) is 32.5 Å². The Hall–Kier alpha value is -0.160. The van der Waals surface area contributed by atoms with E-state index < -0.39 is 0 Å². The van der Waals surface area contributed by atoms with E-state index in [1.807, 2.05) is 0 Å². The molecule has 0 aromatic rings. The normalized spacial score (nSPS) is 28.1. The summed E-state index contributed by atoms with van der Waals surface area (Å²) >= 11 is 0. The zero-order valence-electron chi connectivity index (χ0n) is 14.2. The van der Waals surface area contributed by atoms with Crippen molar-refractivity contribution in [1.82, 2.24) is 10.2 Å². The fourth-order valence-corrected chi connectivity index (χ4v) is 3.24. The van der Waals surface area contributed by atoms with E-state index >= 15 is 0 Å². The summed E-state index contributed by atoms with van der Waals surface area (Å²) in [7, 11) is 0. The third kappa shape index (κ3) is 5.32. The largest absolute Gasteiger partial charge is 0.394 e. The molecule has 0 amide bonds. The van der Waals surface area contributed by atoms with Crippen LogP contribution >= 0.6 is 0 Å². The van der Waals surface area contributed by atoms with Crippen LogP contribution in [0.3, 0.4) is 0 Å². The Bertz CT molecular complexity index is 296. The number of aliphatic hydroxyl groups excluding tert-OH is 1. The number of hydrogen-bond acceptors (Lipinski definition) is 4. The second-order valence-corrected chi connectivity index (χ2v) is 7.32. The van der Waals surface area contributed by atoms with Gasteiger partial charge in [0.1, 0.15) is 0 Å². The van der Waals surface area contributed by atoms with Gasteiger partial charge in [0.05, 0.1) is 18.3 Å². The first-order valence-corrected chi connectivity index (χ1v) is 7.99. The van der Waals surface area contributed by atoms with E-state index in [9.17, 15) is 5.11 Å². The maximum Gasteiger partial charge on any atom is 0.0757 e. The molecule has 1 saturated heterocycles. The number of aliphatic hydroxyl groups is 1. The molecule has 0 aromatic carbocycles. The summed E-state index contributed by atoms with van der Waals surface area (Å²) in [4.78, 5) is 2.50. The minimum absolute atomic E-state index is 0.0849. The highest BCUT2D eigenvalue weighted by atomic mass is 16.5. The van der Waals surface area contributed by atoms with Gasteiger partial charge in [-0.1, -0.05) is 6.92 Å². The summed E-state index contributed by atoms with van der Waals surface area (Å²) in [6.45, 7) is 16.0. The monoisotopic (exact) mass is 286 g/mol. The lowest BCUT2D eigenvalue weighted by Crippen LogP contribution is -2.57. The van der Waals surface area contributed by atoms with Crippen LogP contribution in [-0.4, -0.2) is 59.5 Å². The van der Waals surface area contributed by atoms with Crippen LogP contribution in [0.25, 0.3) is 0 Å². The average Bonchev–Trinajstić information content (AvgIpc) is 2.34. The molecule has 4 nitrogen and oxygen atoms in total. The van der Waals surface area contributed by atoms with Crippen molar-refractivity contribution in [2.75, 3.05) is 26.2 Å². The van der Waals surface area contributed by atoms with E-state index in [2.05, 4.69) is 51.8 Å². The number of ether oxygens (including phenoxy) is 1. The van der Waals surface area contributed by atoms with E-state index in [-0.39, 0.29) is 23.9 Å². The number of nitrogens with one attached hydrogen (secondary N) is 1. The van der Waals surface area contributed by atoms with Gasteiger partial charge in [-0.15, -0.1) is 0 Å². The Kier molecular flexibility index (Phi) is 6.45. The summed E-state index contributed by atoms with van der Waals surface area (Å²) in [5, 5.41) is 13.2. The molecule has 0 aromatic heterocycles. The first-order valence-electron chi connectivity index (χ1n) is 7.99. The second kappa shape index (κ2) is 7.21. The zero-order valence-corrected chi connectivity index (χ0v) is 14.2. The first-order chi connectivity index (χ1) is 9.21. The molecular weight excluding hydrogens is 252 g/mol. The summed E-state index contributed by atoms with van der Waals surface area (Å²) in [6.07, 6.45) is 2.31. The van der Waals surface area contributed by atoms with Gasteiger partial charge >= 0.3 is 0 Å². The highest BCUT2D eigenvalue weighted by Gasteiger charge is 2.35. The molecule has 4 heteroatoms. The fourth-order valence-electron chi connectivity index (χ4n) is 3.24. The third-order valence-corrected chi connectivity index (χ3v) is 4.12. The molecule has 3 unspecified atom stereocenters. The Morgan fingerprint density at radius 1 is 1.50 bits per heavy atom. The Balaban J connectivity index is 2.61. The molecule has 0 aliphatic carbocycles. The second-order valence-electron chi connectivity index (χ2n) is 7.32. The van der Waals surface area contributed by atoms with Gasteiger partial charge in [0.25, 0.3) is 0 Å². The maximum atomic E-state index is 9.71. The predicted molar refractivity (Wildman–Crippen MR) is 84.1 cm³/mol. The third-order valence-electron chi connectivity index (χ3n) is 4.12. The highest BCUT2D eigenvalue weighted by Crippen LogP contribution is 2.25. The smallest absolute Gasteiger partial charge is 0.0757 e. The Labute approximate surface area is 124 Å². The van der Waals surface area contributed by atoms with Crippen molar-refractivity contribution in [2.45, 2.75) is 77.7 Å². The summed E-state index contributed by atoms with van der Waals surface area (Å²) in [6, 6.07) is 0.433. The molecule has 1 aliphatic rings. The van der Waals surface area contributed by atoms with Crippen LogP contribution in [-0.2, 0) is 4.74 Å². The maximum absolute atomic E-state index is 9.71. The van der Waals surface area contributed by atoms with Crippen LogP contribution in [0.1, 0.15) is 54.4 Å². The number of rotatable bonds is 7. The van der Waals surface area contributed by atoms with Crippen molar-refractivity contribution < 1.29 is 9.84 Å². The van der Waals surface area contributed by atoms with Crippen molar-refractivity contribution in [3.63, 3.8) is 0 Å². The topological polar surface area (TPSA) is 44.7 Å². The molecule has 0 radical (unpaired) electrons. The van der Waals surface area contributed by atoms with Gasteiger partial charge in [-0.25, -0.2) is 0 Å². The molecule has 1 rings (SSSR count). The van der Waals surface area contributed by atoms with Crippen LogP contribution in [0, 0.1) is 0 Å². The van der Waals surface area contributed by atoms with E-state index in [1.165, 1.54) is 0 Å². The molecule has 1 aliphatic heterocycles. The van der Waals surface area contributed by atoms with Crippen LogP contribution in [0.15, 0.2) is 0 Å². The van der Waals surface area contributed by atoms with Crippen molar-refractivity contribution in [1.29, 1.82) is 0 Å². The molecule has 2 N–H and O–H groups in total. The first kappa shape index (κ1) is 17.9. The van der Waals surface area contributed by atoms with Crippen molar-refractivity contribution >= 4 is 0 Å². The SMILES string of the molecule is CCCNC(C)(CO)CC(C)N1CC(C)OC(C)(C)C1. The standard InChI is InChI=1S/C16H34N2O2/c1-7-8-17-16(6,12-19)9-13(2)18-10-14(3)20-15(4,5)11-18/h13-14,17,19H,7-12H2,1-6H3. The lowest BCUT2D eigenvalue weighted by atomic mass is 9.92. The molecule has 1 fully saturated rings. The van der Waals surface area contributed by atoms with Crippen molar-refractivity contribution in [3.8, 4) is 0 Å². The highest BCUT2D eigenvalue weighted by molar-refractivity contribution is 4.91. The van der Waals surface area contributed by atoms with Crippen LogP contribution in [0.2, 0.25) is 0 Å². The van der Waals surface area contributed by atoms with Crippen LogP contribution in [0.5, 0.6) is 0 Å². The fraction of sp³-hybridized carbons (Fsp3) is 1.00. The summed E-state index contributed by atoms with van der Waals surface area (Å²) in [5.74, 6) is 0. The molecular formula is C16H34N2O2. The molecule has 120 valence electrons. The molecule has 0 bridgehead atoms. The Morgan fingerprint density at radius 3 is 2.65 bits per heavy atom. The van der Waals surface area contributed by atoms with Crippen LogP contribution in [0.4, 0.5) is 0 Å². The van der Waals surface area contributed by atoms with Gasteiger partial charge in [-0.2, -0.15) is 0 Å². The average molecular weight is 286 g/mol. The lowest BCUT2D eigenvalue weighted by Gasteiger charge is -2.46. The number of morpholine rings is 1. The van der Waals surface area contributed by atoms with Gasteiger partial charge in [0.2, 0.25) is 0 Å². The molecule has 3 atom stereocenters. The van der Waals surface area contributed by atoms with Gasteiger partial charge < -0.3 is 15.2 Å². The number of hydrogen-bond donors (Lipinski definition) is 2. The molecule has 20 heavy (non-hydrogen) atoms. The molecule has 1 heterocycles. The van der Waals surface area contributed by atoms with Gasteiger partial charge in [-0.05, 0) is 54.0 Å². The lowest BCUT2D eigenvalue weighted by molar-refractivity contribution is -0.138. The Morgan fingerprint density at radius 2 is 2.15 bits per heavy atom. The van der Waals surface area contributed by atoms with Crippen molar-refractivity contribution in [2.24, 2.45) is 0 Å². The van der Waals surface area contributed by atoms with E-state index in [0.29, 0.717) is 6.04 Å². The molecule has 0 spiro atoms. The summed E-state index contributed by atoms with van der Waals surface area (Å²) in [5.41, 5.74) is -0.278. The quantitative estimate of drug-likeness (QED) is 0.751. The summed E-state index contributed by atoms with van der Waals surface area (Å²) < 4.78 is 5.97. The van der Waals surface area contributed by atoms with Gasteiger partial charge in [0.15, 0.2) is 0 Å².